The highest BCUT2D eigenvalue weighted by atomic mass is 16.3. The van der Waals surface area contributed by atoms with E-state index >= 15 is 0 Å². The lowest BCUT2D eigenvalue weighted by molar-refractivity contribution is -0.118. The molecular formula is C19H32N2O4. The van der Waals surface area contributed by atoms with E-state index in [0.29, 0.717) is 0 Å². The van der Waals surface area contributed by atoms with Crippen molar-refractivity contribution < 1.29 is 19.8 Å². The second kappa shape index (κ2) is 13.6. The Bertz CT molecular complexity index is 409. The van der Waals surface area contributed by atoms with Crippen LogP contribution in [0.4, 0.5) is 0 Å². The third-order valence-electron chi connectivity index (χ3n) is 4.04. The molecule has 1 aliphatic carbocycles. The summed E-state index contributed by atoms with van der Waals surface area (Å²) in [5.74, 6) is -0.244. The van der Waals surface area contributed by atoms with E-state index in [1.165, 1.54) is 0 Å². The molecule has 6 heteroatoms. The fraction of sp³-hybridized carbons (Fsp3) is 0.684. The Labute approximate surface area is 150 Å². The van der Waals surface area contributed by atoms with Crippen molar-refractivity contribution in [3.63, 3.8) is 0 Å². The second-order valence-electron chi connectivity index (χ2n) is 6.42. The lowest BCUT2D eigenvalue weighted by Crippen LogP contribution is -2.33. The Balaban J connectivity index is 2.06. The number of allylic oxidation sites excluding steroid dienone is 2. The smallest absolute Gasteiger partial charge is 0.243 e. The van der Waals surface area contributed by atoms with Crippen LogP contribution in [0, 0.1) is 0 Å². The van der Waals surface area contributed by atoms with Crippen molar-refractivity contribution in [2.24, 2.45) is 0 Å². The molecule has 1 fully saturated rings. The van der Waals surface area contributed by atoms with Crippen molar-refractivity contribution in [3.8, 4) is 0 Å². The van der Waals surface area contributed by atoms with Gasteiger partial charge in [-0.15, -0.1) is 0 Å². The maximum atomic E-state index is 11.7. The highest BCUT2D eigenvalue weighted by Gasteiger charge is 2.38. The predicted molar refractivity (Wildman–Crippen MR) is 97.9 cm³/mol. The molecule has 25 heavy (non-hydrogen) atoms. The summed E-state index contributed by atoms with van der Waals surface area (Å²) < 4.78 is 0. The van der Waals surface area contributed by atoms with E-state index in [9.17, 15) is 9.59 Å². The van der Waals surface area contributed by atoms with Crippen LogP contribution in [0.1, 0.15) is 57.8 Å². The number of carbonyl (C=O) groups is 2. The fourth-order valence-corrected chi connectivity index (χ4v) is 2.46. The summed E-state index contributed by atoms with van der Waals surface area (Å²) >= 11 is 0. The van der Waals surface area contributed by atoms with Gasteiger partial charge in [-0.1, -0.05) is 25.0 Å². The van der Waals surface area contributed by atoms with Gasteiger partial charge in [0.15, 0.2) is 0 Å². The number of carbonyl (C=O) groups excluding carboxylic acids is 2. The SMILES string of the molecule is O=C(/C=C/CCCCCO)N[C@H]1C[C@H]1NC(=O)/C=C/CCCCCO. The van der Waals surface area contributed by atoms with Crippen LogP contribution in [0.3, 0.4) is 0 Å². The number of nitrogens with one attached hydrogen (secondary N) is 2. The van der Waals surface area contributed by atoms with Crippen LogP contribution in [0.15, 0.2) is 24.3 Å². The van der Waals surface area contributed by atoms with E-state index in [0.717, 1.165) is 57.8 Å². The third kappa shape index (κ3) is 11.5. The monoisotopic (exact) mass is 352 g/mol. The maximum absolute atomic E-state index is 11.7. The molecule has 2 amide bonds. The number of aliphatic hydroxyl groups is 2. The molecule has 0 aromatic heterocycles. The molecule has 2 atom stereocenters. The fourth-order valence-electron chi connectivity index (χ4n) is 2.46. The number of amides is 2. The predicted octanol–water partition coefficient (Wildman–Crippen LogP) is 1.58. The first kappa shape index (κ1) is 21.4. The molecular weight excluding hydrogens is 320 g/mol. The maximum Gasteiger partial charge on any atom is 0.243 e. The van der Waals surface area contributed by atoms with Crippen molar-refractivity contribution >= 4 is 11.8 Å². The summed E-state index contributed by atoms with van der Waals surface area (Å²) in [5, 5.41) is 23.1. The highest BCUT2D eigenvalue weighted by molar-refractivity contribution is 5.89. The van der Waals surface area contributed by atoms with Crippen molar-refractivity contribution in [2.75, 3.05) is 13.2 Å². The molecule has 0 aromatic carbocycles. The van der Waals surface area contributed by atoms with Crippen LogP contribution >= 0.6 is 0 Å². The van der Waals surface area contributed by atoms with Crippen LogP contribution < -0.4 is 10.6 Å². The molecule has 0 unspecified atom stereocenters. The molecule has 1 rings (SSSR count). The summed E-state index contributed by atoms with van der Waals surface area (Å²) in [4.78, 5) is 23.5. The van der Waals surface area contributed by atoms with E-state index in [-0.39, 0.29) is 37.1 Å². The number of unbranched alkanes of at least 4 members (excludes halogenated alkanes) is 6. The minimum atomic E-state index is -0.122. The van der Waals surface area contributed by atoms with Crippen LogP contribution in [0.2, 0.25) is 0 Å². The summed E-state index contributed by atoms with van der Waals surface area (Å²) in [7, 11) is 0. The molecule has 1 saturated carbocycles. The normalized spacial score (nSPS) is 19.4. The number of aliphatic hydroxyl groups excluding tert-OH is 2. The molecule has 0 bridgehead atoms. The first-order valence-electron chi connectivity index (χ1n) is 9.33. The van der Waals surface area contributed by atoms with E-state index in [1.54, 1.807) is 12.2 Å². The van der Waals surface area contributed by atoms with Crippen molar-refractivity contribution in [2.45, 2.75) is 69.9 Å². The van der Waals surface area contributed by atoms with E-state index in [1.807, 2.05) is 12.2 Å². The quantitative estimate of drug-likeness (QED) is 0.282. The summed E-state index contributed by atoms with van der Waals surface area (Å²) in [6, 6.07) is 0.0434. The number of rotatable bonds is 14. The zero-order chi connectivity index (χ0) is 18.3. The van der Waals surface area contributed by atoms with Crippen LogP contribution in [-0.2, 0) is 9.59 Å². The molecule has 0 aromatic rings. The van der Waals surface area contributed by atoms with Crippen molar-refractivity contribution in [1.82, 2.24) is 10.6 Å². The summed E-state index contributed by atoms with van der Waals surface area (Å²) in [6.45, 7) is 0.440. The van der Waals surface area contributed by atoms with E-state index < -0.39 is 0 Å². The average Bonchev–Trinajstić information content (AvgIpc) is 3.31. The Morgan fingerprint density at radius 3 is 1.60 bits per heavy atom. The Morgan fingerprint density at radius 2 is 1.20 bits per heavy atom. The molecule has 0 radical (unpaired) electrons. The minimum absolute atomic E-state index is 0.0217. The summed E-state index contributed by atoms with van der Waals surface area (Å²) in [5.41, 5.74) is 0. The minimum Gasteiger partial charge on any atom is -0.396 e. The van der Waals surface area contributed by atoms with Crippen LogP contribution in [0.25, 0.3) is 0 Å². The largest absolute Gasteiger partial charge is 0.396 e. The second-order valence-corrected chi connectivity index (χ2v) is 6.42. The summed E-state index contributed by atoms with van der Waals surface area (Å²) in [6.07, 6.45) is 14.7. The Morgan fingerprint density at radius 1 is 0.760 bits per heavy atom. The molecule has 0 aliphatic heterocycles. The zero-order valence-corrected chi connectivity index (χ0v) is 15.0. The Kier molecular flexibility index (Phi) is 11.6. The van der Waals surface area contributed by atoms with Crippen LogP contribution in [-0.4, -0.2) is 47.3 Å². The molecule has 0 saturated heterocycles. The van der Waals surface area contributed by atoms with E-state index in [2.05, 4.69) is 10.6 Å². The van der Waals surface area contributed by atoms with Gasteiger partial charge in [0.05, 0.1) is 12.1 Å². The van der Waals surface area contributed by atoms with Crippen molar-refractivity contribution in [1.29, 1.82) is 0 Å². The topological polar surface area (TPSA) is 98.7 Å². The van der Waals surface area contributed by atoms with Crippen molar-refractivity contribution in [3.05, 3.63) is 24.3 Å². The van der Waals surface area contributed by atoms with Gasteiger partial charge in [-0.25, -0.2) is 0 Å². The van der Waals surface area contributed by atoms with Gasteiger partial charge in [0, 0.05) is 13.2 Å². The van der Waals surface area contributed by atoms with E-state index in [4.69, 9.17) is 10.2 Å². The molecule has 4 N–H and O–H groups in total. The highest BCUT2D eigenvalue weighted by Crippen LogP contribution is 2.21. The molecule has 6 nitrogen and oxygen atoms in total. The van der Waals surface area contributed by atoms with Gasteiger partial charge in [0.1, 0.15) is 0 Å². The molecule has 142 valence electrons. The first-order chi connectivity index (χ1) is 12.2. The molecule has 1 aliphatic rings. The third-order valence-corrected chi connectivity index (χ3v) is 4.04. The van der Waals surface area contributed by atoms with Gasteiger partial charge in [-0.05, 0) is 57.1 Å². The average molecular weight is 352 g/mol. The number of hydrogen-bond acceptors (Lipinski definition) is 4. The van der Waals surface area contributed by atoms with Gasteiger partial charge in [0.2, 0.25) is 11.8 Å². The van der Waals surface area contributed by atoms with Gasteiger partial charge in [0.25, 0.3) is 0 Å². The van der Waals surface area contributed by atoms with Gasteiger partial charge in [-0.2, -0.15) is 0 Å². The zero-order valence-electron chi connectivity index (χ0n) is 15.0. The lowest BCUT2D eigenvalue weighted by Gasteiger charge is -2.02. The molecule has 0 heterocycles. The molecule has 0 spiro atoms. The lowest BCUT2D eigenvalue weighted by atomic mass is 10.2. The van der Waals surface area contributed by atoms with Crippen LogP contribution in [0.5, 0.6) is 0 Å². The standard InChI is InChI=1S/C19H32N2O4/c22-13-9-5-1-3-7-11-18(24)20-16-15-17(16)21-19(25)12-8-4-2-6-10-14-23/h7-8,11-12,16-17,22-23H,1-6,9-10,13-15H2,(H,20,24)(H,21,25)/b11-7+,12-8+/t16-,17+. The van der Waals surface area contributed by atoms with Gasteiger partial charge >= 0.3 is 0 Å². The Hall–Kier alpha value is -1.66. The van der Waals surface area contributed by atoms with Gasteiger partial charge < -0.3 is 20.8 Å². The number of hydrogen-bond donors (Lipinski definition) is 4. The first-order valence-corrected chi connectivity index (χ1v) is 9.33. The van der Waals surface area contributed by atoms with Gasteiger partial charge in [-0.3, -0.25) is 9.59 Å².